The summed E-state index contributed by atoms with van der Waals surface area (Å²) in [6.07, 6.45) is 8.64. The van der Waals surface area contributed by atoms with E-state index in [-0.39, 0.29) is 24.4 Å². The van der Waals surface area contributed by atoms with Crippen molar-refractivity contribution in [2.24, 2.45) is 11.7 Å². The molecule has 3 N–H and O–H groups in total. The van der Waals surface area contributed by atoms with Gasteiger partial charge in [-0.15, -0.1) is 12.4 Å². The topological polar surface area (TPSA) is 72.9 Å². The first kappa shape index (κ1) is 18.5. The second kappa shape index (κ2) is 8.85. The summed E-state index contributed by atoms with van der Waals surface area (Å²) in [5.41, 5.74) is 7.83. The Bertz CT molecular complexity index is 627. The molecule has 1 aliphatic carbocycles. The van der Waals surface area contributed by atoms with E-state index in [4.69, 9.17) is 5.73 Å². The molecule has 0 aliphatic heterocycles. The monoisotopic (exact) mass is 348 g/mol. The quantitative estimate of drug-likeness (QED) is 0.871. The van der Waals surface area contributed by atoms with Crippen molar-refractivity contribution in [3.05, 3.63) is 48.3 Å². The highest BCUT2D eigenvalue weighted by Crippen LogP contribution is 2.23. The number of amides is 1. The summed E-state index contributed by atoms with van der Waals surface area (Å²) in [4.78, 5) is 12.3. The molecule has 1 aliphatic rings. The fourth-order valence-corrected chi connectivity index (χ4v) is 3.31. The van der Waals surface area contributed by atoms with E-state index in [2.05, 4.69) is 10.4 Å². The fourth-order valence-electron chi connectivity index (χ4n) is 3.31. The lowest BCUT2D eigenvalue weighted by Crippen LogP contribution is -2.45. The Morgan fingerprint density at radius 2 is 2.00 bits per heavy atom. The number of hydrogen-bond donors (Lipinski definition) is 2. The van der Waals surface area contributed by atoms with Crippen LogP contribution in [0, 0.1) is 5.92 Å². The van der Waals surface area contributed by atoms with E-state index in [0.717, 1.165) is 24.1 Å². The van der Waals surface area contributed by atoms with Crippen molar-refractivity contribution in [3.63, 3.8) is 0 Å². The summed E-state index contributed by atoms with van der Waals surface area (Å²) >= 11 is 0. The summed E-state index contributed by atoms with van der Waals surface area (Å²) in [5.74, 6) is 0.511. The van der Waals surface area contributed by atoms with Crippen molar-refractivity contribution in [2.75, 3.05) is 6.54 Å². The average molecular weight is 349 g/mol. The third-order valence-corrected chi connectivity index (χ3v) is 4.63. The zero-order chi connectivity index (χ0) is 16.1. The normalized spacial score (nSPS) is 20.2. The number of carbonyl (C=O) groups is 1. The van der Waals surface area contributed by atoms with Crippen LogP contribution in [-0.2, 0) is 11.2 Å². The van der Waals surface area contributed by atoms with Gasteiger partial charge in [0.1, 0.15) is 0 Å². The van der Waals surface area contributed by atoms with Crippen LogP contribution in [0.4, 0.5) is 0 Å². The molecule has 1 aromatic heterocycles. The van der Waals surface area contributed by atoms with Crippen molar-refractivity contribution in [2.45, 2.75) is 38.1 Å². The summed E-state index contributed by atoms with van der Waals surface area (Å²) in [5, 5.41) is 7.37. The number of hydrogen-bond acceptors (Lipinski definition) is 3. The Hall–Kier alpha value is -1.85. The highest BCUT2D eigenvalue weighted by molar-refractivity contribution is 5.85. The molecule has 2 atom stereocenters. The van der Waals surface area contributed by atoms with E-state index in [0.29, 0.717) is 18.9 Å². The first-order valence-corrected chi connectivity index (χ1v) is 8.34. The lowest BCUT2D eigenvalue weighted by Gasteiger charge is -2.31. The van der Waals surface area contributed by atoms with Gasteiger partial charge < -0.3 is 11.1 Å². The summed E-state index contributed by atoms with van der Waals surface area (Å²) in [6, 6.07) is 10.1. The van der Waals surface area contributed by atoms with E-state index in [1.807, 2.05) is 36.5 Å². The van der Waals surface area contributed by atoms with Crippen molar-refractivity contribution in [1.29, 1.82) is 0 Å². The van der Waals surface area contributed by atoms with Gasteiger partial charge in [-0.05, 0) is 49.1 Å². The van der Waals surface area contributed by atoms with Gasteiger partial charge in [0, 0.05) is 18.4 Å². The first-order chi connectivity index (χ1) is 11.3. The minimum absolute atomic E-state index is 0. The van der Waals surface area contributed by atoms with Crippen LogP contribution in [0.15, 0.2) is 42.7 Å². The number of nitrogens with two attached hydrogens (primary N) is 1. The highest BCUT2D eigenvalue weighted by atomic mass is 35.5. The molecule has 0 bridgehead atoms. The van der Waals surface area contributed by atoms with E-state index >= 15 is 0 Å². The summed E-state index contributed by atoms with van der Waals surface area (Å²) in [7, 11) is 0. The number of aromatic nitrogens is 2. The predicted molar refractivity (Wildman–Crippen MR) is 97.5 cm³/mol. The molecule has 0 spiro atoms. The molecule has 1 amide bonds. The van der Waals surface area contributed by atoms with Gasteiger partial charge in [0.15, 0.2) is 0 Å². The van der Waals surface area contributed by atoms with E-state index < -0.39 is 0 Å². The van der Waals surface area contributed by atoms with Gasteiger partial charge in [-0.3, -0.25) is 4.79 Å². The maximum Gasteiger partial charge on any atom is 0.224 e. The Morgan fingerprint density at radius 1 is 1.25 bits per heavy atom. The average Bonchev–Trinajstić information content (AvgIpc) is 3.10. The fraction of sp³-hybridized carbons (Fsp3) is 0.444. The molecule has 5 nitrogen and oxygen atoms in total. The Kier molecular flexibility index (Phi) is 6.82. The summed E-state index contributed by atoms with van der Waals surface area (Å²) in [6.45, 7) is 0.656. The number of nitrogens with one attached hydrogen (secondary N) is 1. The van der Waals surface area contributed by atoms with Crippen LogP contribution < -0.4 is 11.1 Å². The van der Waals surface area contributed by atoms with Gasteiger partial charge >= 0.3 is 0 Å². The number of rotatable bonds is 5. The largest absolute Gasteiger partial charge is 0.353 e. The van der Waals surface area contributed by atoms with E-state index in [1.54, 1.807) is 10.9 Å². The second-order valence-corrected chi connectivity index (χ2v) is 6.25. The zero-order valence-corrected chi connectivity index (χ0v) is 14.5. The molecule has 1 fully saturated rings. The molecule has 24 heavy (non-hydrogen) atoms. The van der Waals surface area contributed by atoms with Crippen molar-refractivity contribution in [1.82, 2.24) is 15.1 Å². The molecular weight excluding hydrogens is 324 g/mol. The highest BCUT2D eigenvalue weighted by Gasteiger charge is 2.25. The van der Waals surface area contributed by atoms with Crippen LogP contribution in [0.2, 0.25) is 0 Å². The van der Waals surface area contributed by atoms with Crippen LogP contribution in [0.3, 0.4) is 0 Å². The maximum atomic E-state index is 12.3. The lowest BCUT2D eigenvalue weighted by molar-refractivity contribution is -0.121. The van der Waals surface area contributed by atoms with E-state index in [9.17, 15) is 4.79 Å². The molecule has 2 aromatic rings. The molecular formula is C18H25ClN4O. The minimum atomic E-state index is 0. The minimum Gasteiger partial charge on any atom is -0.353 e. The van der Waals surface area contributed by atoms with Gasteiger partial charge in [0.2, 0.25) is 5.91 Å². The van der Waals surface area contributed by atoms with Crippen LogP contribution in [0.1, 0.15) is 31.2 Å². The molecule has 130 valence electrons. The third-order valence-electron chi connectivity index (χ3n) is 4.63. The molecule has 0 saturated heterocycles. The van der Waals surface area contributed by atoms with Crippen molar-refractivity contribution in [3.8, 4) is 5.69 Å². The number of benzene rings is 1. The lowest BCUT2D eigenvalue weighted by atomic mass is 9.84. The Morgan fingerprint density at radius 3 is 2.67 bits per heavy atom. The van der Waals surface area contributed by atoms with Gasteiger partial charge in [0.25, 0.3) is 0 Å². The van der Waals surface area contributed by atoms with Gasteiger partial charge in [-0.1, -0.05) is 25.0 Å². The molecule has 2 unspecified atom stereocenters. The van der Waals surface area contributed by atoms with Crippen LogP contribution >= 0.6 is 12.4 Å². The number of nitrogens with zero attached hydrogens (tertiary/aromatic N) is 2. The van der Waals surface area contributed by atoms with Crippen molar-refractivity contribution < 1.29 is 4.79 Å². The molecule has 0 radical (unpaired) electrons. The molecule has 1 heterocycles. The number of carbonyl (C=O) groups excluding carboxylic acids is 1. The first-order valence-electron chi connectivity index (χ1n) is 8.34. The summed E-state index contributed by atoms with van der Waals surface area (Å²) < 4.78 is 1.80. The Balaban J connectivity index is 0.00000208. The van der Waals surface area contributed by atoms with Crippen LogP contribution in [0.5, 0.6) is 0 Å². The van der Waals surface area contributed by atoms with Gasteiger partial charge in [0.05, 0.1) is 12.1 Å². The zero-order valence-electron chi connectivity index (χ0n) is 13.7. The predicted octanol–water partition coefficient (Wildman–Crippen LogP) is 2.47. The molecule has 6 heteroatoms. The van der Waals surface area contributed by atoms with Crippen LogP contribution in [0.25, 0.3) is 5.69 Å². The smallest absolute Gasteiger partial charge is 0.224 e. The maximum absolute atomic E-state index is 12.3. The van der Waals surface area contributed by atoms with Crippen molar-refractivity contribution >= 4 is 18.3 Å². The van der Waals surface area contributed by atoms with Gasteiger partial charge in [-0.2, -0.15) is 5.10 Å². The third kappa shape index (κ3) is 4.58. The van der Waals surface area contributed by atoms with Gasteiger partial charge in [-0.25, -0.2) is 4.68 Å². The van der Waals surface area contributed by atoms with Crippen LogP contribution in [-0.4, -0.2) is 28.3 Å². The van der Waals surface area contributed by atoms with E-state index in [1.165, 1.54) is 12.8 Å². The standard InChI is InChI=1S/C18H24N4O.ClH/c19-13-15-4-1-2-5-17(15)21-18(23)12-14-6-8-16(9-7-14)22-11-3-10-20-22;/h3,6-11,15,17H,1-2,4-5,12-13,19H2,(H,21,23);1H. The SMILES string of the molecule is Cl.NCC1CCCCC1NC(=O)Cc1ccc(-n2cccn2)cc1. The second-order valence-electron chi connectivity index (χ2n) is 6.25. The molecule has 1 aromatic carbocycles. The number of halogens is 1. The molecule has 3 rings (SSSR count). The Labute approximate surface area is 149 Å². The molecule has 1 saturated carbocycles.